The van der Waals surface area contributed by atoms with Crippen LogP contribution in [0.15, 0.2) is 47.8 Å². The molecule has 25 heavy (non-hydrogen) atoms. The van der Waals surface area contributed by atoms with Gasteiger partial charge in [0.25, 0.3) is 11.9 Å². The van der Waals surface area contributed by atoms with Gasteiger partial charge in [-0.3, -0.25) is 14.8 Å². The van der Waals surface area contributed by atoms with Gasteiger partial charge in [-0.2, -0.15) is 4.99 Å². The van der Waals surface area contributed by atoms with Crippen LogP contribution in [0.2, 0.25) is 0 Å². The molecular weight excluding hydrogens is 320 g/mol. The number of carbonyl (C=O) groups excluding carboxylic acids is 1. The number of benzene rings is 1. The third-order valence-electron chi connectivity index (χ3n) is 3.41. The Hall–Kier alpha value is -3.55. The van der Waals surface area contributed by atoms with Crippen LogP contribution < -0.4 is 11.1 Å². The predicted octanol–water partition coefficient (Wildman–Crippen LogP) is 2.18. The minimum absolute atomic E-state index is 0.0388. The summed E-state index contributed by atoms with van der Waals surface area (Å²) in [5.41, 5.74) is 8.41. The van der Waals surface area contributed by atoms with Crippen LogP contribution in [0.5, 0.6) is 0 Å². The molecule has 0 atom stereocenters. The molecule has 3 N–H and O–H groups in total. The van der Waals surface area contributed by atoms with Crippen molar-refractivity contribution in [3.05, 3.63) is 54.2 Å². The number of carbonyl (C=O) groups is 1. The number of hydrogen-bond acceptors (Lipinski definition) is 6. The fraction of sp³-hybridized carbons (Fsp3) is 0.118. The molecule has 8 nitrogen and oxygen atoms in total. The number of methoxy groups -OCH3 is 1. The Morgan fingerprint density at radius 2 is 2.04 bits per heavy atom. The van der Waals surface area contributed by atoms with Crippen molar-refractivity contribution in [2.45, 2.75) is 6.92 Å². The smallest absolute Gasteiger partial charge is 0.286 e. The third kappa shape index (κ3) is 3.69. The van der Waals surface area contributed by atoms with Crippen molar-refractivity contribution in [2.24, 2.45) is 10.7 Å². The molecule has 0 unspecified atom stereocenters. The Morgan fingerprint density at radius 1 is 1.20 bits per heavy atom. The van der Waals surface area contributed by atoms with Crippen molar-refractivity contribution < 1.29 is 9.53 Å². The molecule has 0 spiro atoms. The van der Waals surface area contributed by atoms with Gasteiger partial charge in [0.1, 0.15) is 5.69 Å². The van der Waals surface area contributed by atoms with Gasteiger partial charge in [0, 0.05) is 11.6 Å². The maximum Gasteiger partial charge on any atom is 0.286 e. The van der Waals surface area contributed by atoms with Gasteiger partial charge in [0.05, 0.1) is 42.1 Å². The van der Waals surface area contributed by atoms with Crippen molar-refractivity contribution >= 4 is 34.2 Å². The number of amidine groups is 1. The van der Waals surface area contributed by atoms with Crippen molar-refractivity contribution in [1.29, 1.82) is 0 Å². The Morgan fingerprint density at radius 3 is 2.76 bits per heavy atom. The van der Waals surface area contributed by atoms with Gasteiger partial charge in [-0.25, -0.2) is 4.98 Å². The molecule has 2 aromatic heterocycles. The maximum absolute atomic E-state index is 12.3. The highest BCUT2D eigenvalue weighted by Crippen LogP contribution is 2.27. The van der Waals surface area contributed by atoms with E-state index < -0.39 is 0 Å². The zero-order valence-corrected chi connectivity index (χ0v) is 13.7. The summed E-state index contributed by atoms with van der Waals surface area (Å²) in [6.07, 6.45) is 4.52. The van der Waals surface area contributed by atoms with E-state index in [1.165, 1.54) is 19.5 Å². The minimum Gasteiger partial charge on any atom is -0.469 e. The summed E-state index contributed by atoms with van der Waals surface area (Å²) in [4.78, 5) is 28.9. The van der Waals surface area contributed by atoms with Gasteiger partial charge < -0.3 is 15.8 Å². The number of nitrogens with zero attached hydrogens (tertiary/aromatic N) is 4. The summed E-state index contributed by atoms with van der Waals surface area (Å²) in [6, 6.07) is 7.25. The molecule has 3 rings (SSSR count). The van der Waals surface area contributed by atoms with E-state index in [4.69, 9.17) is 10.5 Å². The molecular formula is C17H16N6O2. The topological polar surface area (TPSA) is 115 Å². The van der Waals surface area contributed by atoms with Gasteiger partial charge in [-0.1, -0.05) is 6.07 Å². The SMILES string of the molecule is CO/C(N)=N\c1cccc2ncc(NC(=O)c3cnc(C)cn3)cc12. The van der Waals surface area contributed by atoms with Crippen LogP contribution in [-0.4, -0.2) is 34.0 Å². The maximum atomic E-state index is 12.3. The molecule has 0 bridgehead atoms. The third-order valence-corrected chi connectivity index (χ3v) is 3.41. The minimum atomic E-state index is -0.369. The van der Waals surface area contributed by atoms with Crippen molar-refractivity contribution in [3.8, 4) is 0 Å². The van der Waals surface area contributed by atoms with E-state index >= 15 is 0 Å². The first-order chi connectivity index (χ1) is 12.1. The monoisotopic (exact) mass is 336 g/mol. The second-order valence-corrected chi connectivity index (χ2v) is 5.22. The zero-order chi connectivity index (χ0) is 17.8. The molecule has 0 aliphatic heterocycles. The molecule has 0 saturated heterocycles. The van der Waals surface area contributed by atoms with Gasteiger partial charge in [0.15, 0.2) is 0 Å². The quantitative estimate of drug-likeness (QED) is 0.559. The number of ether oxygens (including phenoxy) is 1. The van der Waals surface area contributed by atoms with Gasteiger partial charge in [-0.05, 0) is 25.1 Å². The molecule has 0 fully saturated rings. The van der Waals surface area contributed by atoms with Crippen LogP contribution in [0.1, 0.15) is 16.2 Å². The molecule has 3 aromatic rings. The van der Waals surface area contributed by atoms with Crippen LogP contribution in [0.25, 0.3) is 10.9 Å². The molecule has 0 aliphatic carbocycles. The molecule has 126 valence electrons. The summed E-state index contributed by atoms with van der Waals surface area (Å²) in [7, 11) is 1.44. The lowest BCUT2D eigenvalue weighted by Crippen LogP contribution is -2.14. The molecule has 0 saturated carbocycles. The number of pyridine rings is 1. The average Bonchev–Trinajstić information content (AvgIpc) is 2.62. The second kappa shape index (κ2) is 6.91. The van der Waals surface area contributed by atoms with Crippen LogP contribution in [0.3, 0.4) is 0 Å². The predicted molar refractivity (Wildman–Crippen MR) is 94.8 cm³/mol. The number of nitrogens with one attached hydrogen (secondary N) is 1. The van der Waals surface area contributed by atoms with E-state index in [0.29, 0.717) is 11.4 Å². The lowest BCUT2D eigenvalue weighted by molar-refractivity contribution is 0.102. The highest BCUT2D eigenvalue weighted by molar-refractivity contribution is 6.04. The lowest BCUT2D eigenvalue weighted by Gasteiger charge is -2.07. The van der Waals surface area contributed by atoms with Gasteiger partial charge in [0.2, 0.25) is 0 Å². The fourth-order valence-electron chi connectivity index (χ4n) is 2.17. The number of nitrogens with two attached hydrogens (primary N) is 1. The normalized spacial score (nSPS) is 11.4. The first kappa shape index (κ1) is 16.3. The standard InChI is InChI=1S/C17H16N6O2/c1-10-7-20-15(9-19-10)16(24)22-11-6-12-13(21-8-11)4-3-5-14(12)23-17(18)25-2/h3-9H,1-2H3,(H2,18,23)(H,22,24). The Bertz CT molecular complexity index is 953. The number of rotatable bonds is 3. The Kier molecular flexibility index (Phi) is 4.51. The average molecular weight is 336 g/mol. The highest BCUT2D eigenvalue weighted by Gasteiger charge is 2.10. The van der Waals surface area contributed by atoms with E-state index in [1.807, 2.05) is 12.1 Å². The number of aryl methyl sites for hydroxylation is 1. The second-order valence-electron chi connectivity index (χ2n) is 5.22. The van der Waals surface area contributed by atoms with Crippen LogP contribution in [-0.2, 0) is 4.74 Å². The Balaban J connectivity index is 1.93. The van der Waals surface area contributed by atoms with E-state index in [2.05, 4.69) is 25.3 Å². The van der Waals surface area contributed by atoms with E-state index in [9.17, 15) is 4.79 Å². The van der Waals surface area contributed by atoms with Crippen molar-refractivity contribution in [2.75, 3.05) is 12.4 Å². The summed E-state index contributed by atoms with van der Waals surface area (Å²) in [6.45, 7) is 1.80. The first-order valence-electron chi connectivity index (χ1n) is 7.44. The highest BCUT2D eigenvalue weighted by atomic mass is 16.5. The van der Waals surface area contributed by atoms with Crippen molar-refractivity contribution in [3.63, 3.8) is 0 Å². The van der Waals surface area contributed by atoms with E-state index in [-0.39, 0.29) is 17.6 Å². The van der Waals surface area contributed by atoms with Gasteiger partial charge in [-0.15, -0.1) is 0 Å². The largest absolute Gasteiger partial charge is 0.469 e. The summed E-state index contributed by atoms with van der Waals surface area (Å²) >= 11 is 0. The van der Waals surface area contributed by atoms with Crippen LogP contribution in [0.4, 0.5) is 11.4 Å². The summed E-state index contributed by atoms with van der Waals surface area (Å²) < 4.78 is 4.89. The number of aromatic nitrogens is 3. The number of amides is 1. The molecule has 2 heterocycles. The summed E-state index contributed by atoms with van der Waals surface area (Å²) in [5.74, 6) is -0.369. The number of aliphatic imine (C=N–C) groups is 1. The molecule has 8 heteroatoms. The van der Waals surface area contributed by atoms with E-state index in [1.54, 1.807) is 25.3 Å². The molecule has 0 radical (unpaired) electrons. The molecule has 0 aliphatic rings. The van der Waals surface area contributed by atoms with Crippen molar-refractivity contribution in [1.82, 2.24) is 15.0 Å². The first-order valence-corrected chi connectivity index (χ1v) is 7.44. The lowest BCUT2D eigenvalue weighted by atomic mass is 10.1. The van der Waals surface area contributed by atoms with Crippen LogP contribution in [0, 0.1) is 6.92 Å². The van der Waals surface area contributed by atoms with E-state index in [0.717, 1.165) is 16.6 Å². The number of hydrogen-bond donors (Lipinski definition) is 2. The van der Waals surface area contributed by atoms with Crippen LogP contribution >= 0.6 is 0 Å². The number of fused-ring (bicyclic) bond motifs is 1. The summed E-state index contributed by atoms with van der Waals surface area (Å²) in [5, 5.41) is 3.48. The fourth-order valence-corrected chi connectivity index (χ4v) is 2.17. The Labute approximate surface area is 143 Å². The van der Waals surface area contributed by atoms with Gasteiger partial charge >= 0.3 is 0 Å². The molecule has 1 amide bonds. The zero-order valence-electron chi connectivity index (χ0n) is 13.7. The number of anilines is 1. The molecule has 1 aromatic carbocycles.